The molecule has 10 N–H and O–H groups in total. The van der Waals surface area contributed by atoms with Gasteiger partial charge in [0.2, 0.25) is 11.8 Å². The molecule has 3 heterocycles. The van der Waals surface area contributed by atoms with Gasteiger partial charge in [0.05, 0.1) is 19.5 Å². The van der Waals surface area contributed by atoms with E-state index >= 15 is 0 Å². The third-order valence-electron chi connectivity index (χ3n) is 6.68. The maximum absolute atomic E-state index is 12.7. The first-order valence-corrected chi connectivity index (χ1v) is 19.9. The van der Waals surface area contributed by atoms with E-state index < -0.39 is 96.7 Å². The first kappa shape index (κ1) is 38.3. The number of phosphoric acid groups is 3. The van der Waals surface area contributed by atoms with Gasteiger partial charge in [0, 0.05) is 37.6 Å². The molecule has 2 unspecified atom stereocenters. The van der Waals surface area contributed by atoms with E-state index in [1.165, 1.54) is 20.8 Å². The Morgan fingerprint density at radius 2 is 1.82 bits per heavy atom. The fourth-order valence-electron chi connectivity index (χ4n) is 4.22. The average Bonchev–Trinajstić information content (AvgIpc) is 3.53. The summed E-state index contributed by atoms with van der Waals surface area (Å²) in [6.45, 7) is 1.67. The van der Waals surface area contributed by atoms with Crippen LogP contribution in [0.5, 0.6) is 0 Å². The van der Waals surface area contributed by atoms with Crippen LogP contribution in [-0.4, -0.2) is 123 Å². The van der Waals surface area contributed by atoms with Crippen molar-refractivity contribution in [1.29, 1.82) is 0 Å². The number of carbonyl (C=O) groups is 3. The molecule has 1 saturated heterocycles. The quantitative estimate of drug-likeness (QED) is 0.0553. The predicted octanol–water partition coefficient (Wildman–Crippen LogP) is -1.32. The molecule has 28 heteroatoms. The molecule has 1 aliphatic rings. The Balaban J connectivity index is 1.61. The van der Waals surface area contributed by atoms with E-state index in [1.54, 1.807) is 0 Å². The number of nitrogens with zero attached hydrogens (tertiary/aromatic N) is 4. The molecule has 0 spiro atoms. The van der Waals surface area contributed by atoms with Gasteiger partial charge in [-0.25, -0.2) is 28.6 Å². The van der Waals surface area contributed by atoms with Gasteiger partial charge in [-0.1, -0.05) is 25.6 Å². The summed E-state index contributed by atoms with van der Waals surface area (Å²) in [5.74, 6) is -1.49. The van der Waals surface area contributed by atoms with Crippen LogP contribution in [0.3, 0.4) is 0 Å². The molecule has 0 aliphatic carbocycles. The largest absolute Gasteiger partial charge is 0.481 e. The highest BCUT2D eigenvalue weighted by atomic mass is 32.2. The van der Waals surface area contributed by atoms with E-state index in [4.69, 9.17) is 18.0 Å². The minimum absolute atomic E-state index is 0.0546. The number of anilines is 1. The summed E-state index contributed by atoms with van der Waals surface area (Å²) in [7, 11) is -16.6. The zero-order valence-corrected chi connectivity index (χ0v) is 30.4. The number of nitrogens with two attached hydrogens (primary N) is 1. The molecule has 2 amide bonds. The average molecular weight is 813 g/mol. The Morgan fingerprint density at radius 3 is 2.47 bits per heavy atom. The molecular weight excluding hydrogens is 771 g/mol. The number of hydrogen-bond acceptors (Lipinski definition) is 18. The number of ether oxygens (including phenoxy) is 1. The van der Waals surface area contributed by atoms with E-state index in [0.29, 0.717) is 5.75 Å². The summed E-state index contributed by atoms with van der Waals surface area (Å²) >= 11 is 1.01. The molecule has 1 fully saturated rings. The third kappa shape index (κ3) is 12.9. The lowest BCUT2D eigenvalue weighted by Crippen LogP contribution is -2.46. The molecule has 3 rings (SSSR count). The maximum atomic E-state index is 12.7. The van der Waals surface area contributed by atoms with Crippen molar-refractivity contribution in [1.82, 2.24) is 30.2 Å². The zero-order valence-electron chi connectivity index (χ0n) is 29.9. The number of aliphatic hydroxyl groups is 2. The number of carbonyl (C=O) groups excluding carboxylic acids is 3. The normalized spacial score (nSPS) is 23.4. The summed E-state index contributed by atoms with van der Waals surface area (Å²) in [6.07, 6.45) is -9.71. The molecule has 2 aromatic rings. The minimum Gasteiger partial charge on any atom is -0.386 e. The molecule has 0 saturated carbocycles. The van der Waals surface area contributed by atoms with E-state index in [2.05, 4.69) is 34.4 Å². The van der Waals surface area contributed by atoms with Gasteiger partial charge in [-0.3, -0.25) is 32.5 Å². The Hall–Kier alpha value is -2.44. The molecule has 0 aromatic carbocycles. The molecular formula is C23H38N7O17P3S. The van der Waals surface area contributed by atoms with Gasteiger partial charge in [-0.05, 0) is 0 Å². The van der Waals surface area contributed by atoms with Crippen LogP contribution in [0, 0.1) is 5.41 Å². The molecule has 1 aliphatic heterocycles. The van der Waals surface area contributed by atoms with E-state index in [0.717, 1.165) is 22.7 Å². The molecule has 24 nitrogen and oxygen atoms in total. The van der Waals surface area contributed by atoms with Crippen LogP contribution in [0.1, 0.15) is 34.8 Å². The summed E-state index contributed by atoms with van der Waals surface area (Å²) in [4.78, 5) is 85.8. The lowest BCUT2D eigenvalue weighted by atomic mass is 9.87. The van der Waals surface area contributed by atoms with Gasteiger partial charge < -0.3 is 50.9 Å². The number of nitrogen functional groups attached to an aromatic ring is 1. The van der Waals surface area contributed by atoms with Crippen molar-refractivity contribution in [3.63, 3.8) is 0 Å². The van der Waals surface area contributed by atoms with E-state index in [-0.39, 0.29) is 41.5 Å². The second kappa shape index (κ2) is 17.6. The van der Waals surface area contributed by atoms with Crippen molar-refractivity contribution in [3.8, 4) is 0 Å². The number of phosphoric ester groups is 3. The summed E-state index contributed by atoms with van der Waals surface area (Å²) in [5, 5.41) is 26.1. The molecule has 0 bridgehead atoms. The van der Waals surface area contributed by atoms with Gasteiger partial charge >= 0.3 is 23.5 Å². The summed E-state index contributed by atoms with van der Waals surface area (Å²) < 4.78 is 84.7. The van der Waals surface area contributed by atoms with Crippen LogP contribution in [0.15, 0.2) is 12.6 Å². The zero-order chi connectivity index (χ0) is 40.8. The molecule has 51 heavy (non-hydrogen) atoms. The smallest absolute Gasteiger partial charge is 0.386 e. The first-order chi connectivity index (χ1) is 24.8. The number of aliphatic hydroxyl groups excluding tert-OH is 2. The number of hydrogen-bond donors (Lipinski definition) is 9. The monoisotopic (exact) mass is 812 g/mol. The van der Waals surface area contributed by atoms with Crippen LogP contribution in [-0.2, 0) is 50.7 Å². The summed E-state index contributed by atoms with van der Waals surface area (Å²) in [6, 6.07) is 0. The minimum atomic E-state index is -5.65. The molecule has 0 radical (unpaired) electrons. The van der Waals surface area contributed by atoms with Crippen molar-refractivity contribution < 1.29 is 84.7 Å². The van der Waals surface area contributed by atoms with Crippen molar-refractivity contribution >= 4 is 69.1 Å². The predicted molar refractivity (Wildman–Crippen MR) is 173 cm³/mol. The fraction of sp³-hybridized carbons (Fsp3) is 0.652. The number of imidazole rings is 1. The standard InChI is InChI=1S/C23H38N7O17P3S/c1-12(31)51-7-6-25-14(32)4-5-26-21(35)18(34)23(2,3)9-44-50(41,42)47-49(39,40)43-8-13-17(46-48(36,37)38)16(33)22(45-13)30-11-29-15-19(24)27-10-28-20(15)30/h10-11,13,16-18,22,33-34H,4-9H2,1-3H3,(H,25,32)(H,26,35)(H,39,40)(H,41,42)(H2,24,27,28)(H2,36,37,38)/t13-,16-,17-,18+,22-/m1/s1/i11D/hD2. The second-order valence-corrected chi connectivity index (χ2v) is 16.8. The number of nitrogens with one attached hydrogen (secondary N) is 2. The Labute approximate surface area is 297 Å². The summed E-state index contributed by atoms with van der Waals surface area (Å²) in [5.41, 5.74) is -2.15. The topological polar surface area (TPSA) is 364 Å². The van der Waals surface area contributed by atoms with Crippen molar-refractivity contribution in [2.24, 2.45) is 5.41 Å². The van der Waals surface area contributed by atoms with Gasteiger partial charge in [0.25, 0.3) is 0 Å². The highest BCUT2D eigenvalue weighted by Gasteiger charge is 2.50. The fourth-order valence-corrected chi connectivity index (χ4v) is 7.54. The number of aromatic nitrogens is 4. The molecule has 7 atom stereocenters. The number of amides is 2. The van der Waals surface area contributed by atoms with Crippen LogP contribution in [0.4, 0.5) is 5.82 Å². The van der Waals surface area contributed by atoms with Crippen LogP contribution in [0.25, 0.3) is 11.2 Å². The van der Waals surface area contributed by atoms with Crippen LogP contribution >= 0.6 is 35.2 Å². The molecule has 288 valence electrons. The van der Waals surface area contributed by atoms with Crippen LogP contribution < -0.4 is 16.4 Å². The lowest BCUT2D eigenvalue weighted by molar-refractivity contribution is -0.137. The second-order valence-electron chi connectivity index (χ2n) is 11.3. The number of rotatable bonds is 20. The lowest BCUT2D eigenvalue weighted by Gasteiger charge is -2.30. The highest BCUT2D eigenvalue weighted by molar-refractivity contribution is 8.13. The van der Waals surface area contributed by atoms with Gasteiger partial charge in [0.15, 0.2) is 25.6 Å². The van der Waals surface area contributed by atoms with E-state index in [1.807, 2.05) is 0 Å². The SMILES string of the molecule is [2H]c1nc2c(N([2H])[2H])ncnc2n1[C@@H]1O[C@H](COP(=O)(O)OP(=O)(O)OCC(C)(C)[C@@H](O)C(=O)NCCC(=O)NCCSC(C)=O)[C@@H](OP(=O)(O)O)[C@H]1O. The molecule has 2 aromatic heterocycles. The van der Waals surface area contributed by atoms with Gasteiger partial charge in [0.1, 0.15) is 37.6 Å². The maximum Gasteiger partial charge on any atom is 0.481 e. The van der Waals surface area contributed by atoms with Crippen LogP contribution in [0.2, 0.25) is 2.82 Å². The van der Waals surface area contributed by atoms with Crippen molar-refractivity contribution in [2.75, 3.05) is 37.8 Å². The Kier molecular flexibility index (Phi) is 13.2. The van der Waals surface area contributed by atoms with Crippen molar-refractivity contribution in [2.45, 2.75) is 57.8 Å². The Morgan fingerprint density at radius 1 is 1.14 bits per heavy atom. The van der Waals surface area contributed by atoms with Gasteiger partial charge in [-0.2, -0.15) is 4.31 Å². The van der Waals surface area contributed by atoms with Gasteiger partial charge in [-0.15, -0.1) is 0 Å². The third-order valence-corrected chi connectivity index (χ3v) is 10.6. The Bertz CT molecular complexity index is 1820. The first-order valence-electron chi connectivity index (χ1n) is 15.8. The number of thioether (sulfide) groups is 1. The number of fused-ring (bicyclic) bond motifs is 1. The van der Waals surface area contributed by atoms with Crippen molar-refractivity contribution in [3.05, 3.63) is 12.6 Å². The highest BCUT2D eigenvalue weighted by Crippen LogP contribution is 2.61. The van der Waals surface area contributed by atoms with E-state index in [9.17, 15) is 57.9 Å².